The van der Waals surface area contributed by atoms with Gasteiger partial charge in [-0.15, -0.1) is 0 Å². The quantitative estimate of drug-likeness (QED) is 0.607. The maximum atomic E-state index is 10.3. The van der Waals surface area contributed by atoms with Crippen molar-refractivity contribution < 1.29 is 9.90 Å². The zero-order chi connectivity index (χ0) is 10.1. The Morgan fingerprint density at radius 2 is 2.00 bits per heavy atom. The first kappa shape index (κ1) is 13.1. The van der Waals surface area contributed by atoms with Crippen LogP contribution in [-0.4, -0.2) is 40.1 Å². The summed E-state index contributed by atoms with van der Waals surface area (Å²) in [7, 11) is 0. The molecule has 0 radical (unpaired) electrons. The van der Waals surface area contributed by atoms with Crippen LogP contribution in [0.25, 0.3) is 0 Å². The maximum Gasteiger partial charge on any atom is 0.320 e. The molecule has 0 rings (SSSR count). The van der Waals surface area contributed by atoms with E-state index in [1.54, 1.807) is 11.8 Å². The average Bonchev–Trinajstić information content (AvgIpc) is 2.10. The smallest absolute Gasteiger partial charge is 0.320 e. The second kappa shape index (κ2) is 8.72. The Balaban J connectivity index is 3.11. The van der Waals surface area contributed by atoms with Crippen LogP contribution in [0, 0.1) is 0 Å². The predicted molar refractivity (Wildman–Crippen MR) is 60.6 cm³/mol. The number of hydrogen-bond acceptors (Lipinski definition) is 4. The van der Waals surface area contributed by atoms with Crippen LogP contribution in [0.5, 0.6) is 0 Å². The van der Waals surface area contributed by atoms with Crippen LogP contribution in [-0.2, 0) is 4.79 Å². The molecule has 0 aromatic rings. The zero-order valence-electron chi connectivity index (χ0n) is 7.86. The van der Waals surface area contributed by atoms with Crippen LogP contribution < -0.4 is 5.73 Å². The van der Waals surface area contributed by atoms with E-state index in [9.17, 15) is 4.79 Å². The Bertz CT molecular complexity index is 144. The topological polar surface area (TPSA) is 63.3 Å². The fourth-order valence-electron chi connectivity index (χ4n) is 0.698. The van der Waals surface area contributed by atoms with Crippen LogP contribution in [0.4, 0.5) is 0 Å². The van der Waals surface area contributed by atoms with Crippen molar-refractivity contribution in [2.75, 3.05) is 23.0 Å². The van der Waals surface area contributed by atoms with Crippen LogP contribution in [0.3, 0.4) is 0 Å². The first-order valence-electron chi connectivity index (χ1n) is 4.32. The van der Waals surface area contributed by atoms with Gasteiger partial charge in [-0.1, -0.05) is 6.92 Å². The molecular formula is C8H17NO2S2. The number of nitrogens with two attached hydrogens (primary N) is 1. The van der Waals surface area contributed by atoms with Crippen molar-refractivity contribution in [3.05, 3.63) is 0 Å². The van der Waals surface area contributed by atoms with Crippen molar-refractivity contribution in [2.45, 2.75) is 19.4 Å². The number of carbonyl (C=O) groups is 1. The number of thioether (sulfide) groups is 2. The molecule has 0 aliphatic heterocycles. The fourth-order valence-corrected chi connectivity index (χ4v) is 2.55. The molecule has 0 aromatic carbocycles. The van der Waals surface area contributed by atoms with Crippen LogP contribution in [0.15, 0.2) is 0 Å². The summed E-state index contributed by atoms with van der Waals surface area (Å²) in [5.41, 5.74) is 5.34. The Kier molecular flexibility index (Phi) is 8.80. The van der Waals surface area contributed by atoms with Gasteiger partial charge in [0.15, 0.2) is 0 Å². The molecular weight excluding hydrogens is 206 g/mol. The standard InChI is InChI=1S/C8H17NO2S2/c1-2-12-5-6-13-4-3-7(9)8(10)11/h7H,2-6,9H2,1H3,(H,10,11). The van der Waals surface area contributed by atoms with Crippen LogP contribution >= 0.6 is 23.5 Å². The van der Waals surface area contributed by atoms with Crippen LogP contribution in [0.2, 0.25) is 0 Å². The van der Waals surface area contributed by atoms with Gasteiger partial charge in [0.1, 0.15) is 6.04 Å². The number of carboxylic acid groups (broad SMARTS) is 1. The van der Waals surface area contributed by atoms with Crippen molar-refractivity contribution in [3.63, 3.8) is 0 Å². The van der Waals surface area contributed by atoms with Crippen LogP contribution in [0.1, 0.15) is 13.3 Å². The van der Waals surface area contributed by atoms with Gasteiger partial charge in [-0.2, -0.15) is 23.5 Å². The molecule has 13 heavy (non-hydrogen) atoms. The molecule has 1 unspecified atom stereocenters. The zero-order valence-corrected chi connectivity index (χ0v) is 9.50. The molecule has 0 saturated carbocycles. The molecule has 0 heterocycles. The second-order valence-electron chi connectivity index (χ2n) is 2.54. The van der Waals surface area contributed by atoms with E-state index in [-0.39, 0.29) is 0 Å². The van der Waals surface area contributed by atoms with Gasteiger partial charge in [0, 0.05) is 11.5 Å². The summed E-state index contributed by atoms with van der Waals surface area (Å²) >= 11 is 3.68. The van der Waals surface area contributed by atoms with Gasteiger partial charge in [0.25, 0.3) is 0 Å². The molecule has 3 nitrogen and oxygen atoms in total. The van der Waals surface area contributed by atoms with E-state index in [4.69, 9.17) is 10.8 Å². The second-order valence-corrected chi connectivity index (χ2v) is 5.16. The number of aliphatic carboxylic acids is 1. The van der Waals surface area contributed by atoms with Crippen molar-refractivity contribution in [3.8, 4) is 0 Å². The normalized spacial score (nSPS) is 12.8. The Hall–Kier alpha value is 0.130. The number of carboxylic acids is 1. The van der Waals surface area contributed by atoms with Gasteiger partial charge in [0.05, 0.1) is 0 Å². The molecule has 5 heteroatoms. The van der Waals surface area contributed by atoms with E-state index in [0.717, 1.165) is 23.0 Å². The van der Waals surface area contributed by atoms with Gasteiger partial charge in [-0.3, -0.25) is 4.79 Å². The SMILES string of the molecule is CCSCCSCCC(N)C(=O)O. The lowest BCUT2D eigenvalue weighted by atomic mass is 10.2. The molecule has 1 atom stereocenters. The lowest BCUT2D eigenvalue weighted by Crippen LogP contribution is -2.30. The molecule has 0 fully saturated rings. The molecule has 3 N–H and O–H groups in total. The Morgan fingerprint density at radius 3 is 2.54 bits per heavy atom. The lowest BCUT2D eigenvalue weighted by molar-refractivity contribution is -0.138. The first-order chi connectivity index (χ1) is 6.18. The Labute approximate surface area is 87.8 Å². The summed E-state index contributed by atoms with van der Waals surface area (Å²) in [6, 6.07) is -0.689. The molecule has 78 valence electrons. The van der Waals surface area contributed by atoms with E-state index < -0.39 is 12.0 Å². The third-order valence-corrected chi connectivity index (χ3v) is 3.64. The van der Waals surface area contributed by atoms with E-state index in [0.29, 0.717) is 6.42 Å². The third-order valence-electron chi connectivity index (χ3n) is 1.47. The first-order valence-corrected chi connectivity index (χ1v) is 6.63. The number of rotatable bonds is 8. The summed E-state index contributed by atoms with van der Waals surface area (Å²) in [5, 5.41) is 8.48. The van der Waals surface area contributed by atoms with E-state index >= 15 is 0 Å². The van der Waals surface area contributed by atoms with Gasteiger partial charge in [-0.25, -0.2) is 0 Å². The van der Waals surface area contributed by atoms with Crippen molar-refractivity contribution in [1.82, 2.24) is 0 Å². The minimum absolute atomic E-state index is 0.566. The van der Waals surface area contributed by atoms with E-state index in [2.05, 4.69) is 6.92 Å². The highest BCUT2D eigenvalue weighted by atomic mass is 32.2. The van der Waals surface area contributed by atoms with E-state index in [1.807, 2.05) is 11.8 Å². The van der Waals surface area contributed by atoms with E-state index in [1.165, 1.54) is 0 Å². The van der Waals surface area contributed by atoms with Crippen molar-refractivity contribution in [1.29, 1.82) is 0 Å². The van der Waals surface area contributed by atoms with Gasteiger partial charge >= 0.3 is 5.97 Å². The minimum Gasteiger partial charge on any atom is -0.480 e. The van der Waals surface area contributed by atoms with Crippen molar-refractivity contribution in [2.24, 2.45) is 5.73 Å². The molecule has 0 aliphatic rings. The minimum atomic E-state index is -0.900. The largest absolute Gasteiger partial charge is 0.480 e. The van der Waals surface area contributed by atoms with Gasteiger partial charge < -0.3 is 10.8 Å². The van der Waals surface area contributed by atoms with Crippen molar-refractivity contribution >= 4 is 29.5 Å². The molecule has 0 aliphatic carbocycles. The summed E-state index contributed by atoms with van der Waals surface area (Å²) in [6.45, 7) is 2.13. The molecule has 0 saturated heterocycles. The summed E-state index contributed by atoms with van der Waals surface area (Å²) in [4.78, 5) is 10.3. The fraction of sp³-hybridized carbons (Fsp3) is 0.875. The molecule has 0 amide bonds. The highest BCUT2D eigenvalue weighted by Crippen LogP contribution is 2.08. The molecule has 0 aromatic heterocycles. The highest BCUT2D eigenvalue weighted by Gasteiger charge is 2.09. The monoisotopic (exact) mass is 223 g/mol. The summed E-state index contributed by atoms with van der Waals surface area (Å²) in [6.07, 6.45) is 0.566. The average molecular weight is 223 g/mol. The summed E-state index contributed by atoms with van der Waals surface area (Å²) in [5.74, 6) is 3.32. The van der Waals surface area contributed by atoms with Gasteiger partial charge in [-0.05, 0) is 17.9 Å². The third kappa shape index (κ3) is 8.46. The maximum absolute atomic E-state index is 10.3. The molecule has 0 bridgehead atoms. The molecule has 0 spiro atoms. The number of hydrogen-bond donors (Lipinski definition) is 2. The predicted octanol–water partition coefficient (Wildman–Crippen LogP) is 1.27. The highest BCUT2D eigenvalue weighted by molar-refractivity contribution is 8.02. The lowest BCUT2D eigenvalue weighted by Gasteiger charge is -2.05. The summed E-state index contributed by atoms with van der Waals surface area (Å²) < 4.78 is 0. The van der Waals surface area contributed by atoms with Gasteiger partial charge in [0.2, 0.25) is 0 Å². The Morgan fingerprint density at radius 1 is 1.38 bits per heavy atom.